The van der Waals surface area contributed by atoms with E-state index in [1.165, 1.54) is 25.0 Å². The van der Waals surface area contributed by atoms with E-state index in [4.69, 9.17) is 4.74 Å². The zero-order chi connectivity index (χ0) is 19.3. The van der Waals surface area contributed by atoms with Crippen molar-refractivity contribution in [3.8, 4) is 5.88 Å². The predicted molar refractivity (Wildman–Crippen MR) is 103 cm³/mol. The standard InChI is InChI=1S/C20H26N6O2/c1-24-11-16(19(23-24)28-2)20(27)26-9-14-7-25(8-15(14)10-26)18-6-17(21-12-22-18)13-4-3-5-13/h6,11-15H,3-5,7-10H2,1-2H3. The molecular weight excluding hydrogens is 356 g/mol. The van der Waals surface area contributed by atoms with Gasteiger partial charge in [0.15, 0.2) is 0 Å². The monoisotopic (exact) mass is 382 g/mol. The van der Waals surface area contributed by atoms with E-state index in [0.717, 1.165) is 32.0 Å². The quantitative estimate of drug-likeness (QED) is 0.801. The second kappa shape index (κ2) is 6.76. The van der Waals surface area contributed by atoms with E-state index in [2.05, 4.69) is 26.0 Å². The number of fused-ring (bicyclic) bond motifs is 1. The van der Waals surface area contributed by atoms with Crippen LogP contribution in [0.25, 0.3) is 0 Å². The third-order valence-electron chi connectivity index (χ3n) is 6.51. The smallest absolute Gasteiger partial charge is 0.260 e. The Kier molecular flexibility index (Phi) is 4.21. The summed E-state index contributed by atoms with van der Waals surface area (Å²) in [5.74, 6) is 3.03. The van der Waals surface area contributed by atoms with Crippen LogP contribution in [0.1, 0.15) is 41.2 Å². The van der Waals surface area contributed by atoms with Crippen LogP contribution in [0.4, 0.5) is 5.82 Å². The number of aromatic nitrogens is 4. The van der Waals surface area contributed by atoms with Crippen molar-refractivity contribution in [2.24, 2.45) is 18.9 Å². The van der Waals surface area contributed by atoms with Crippen LogP contribution >= 0.6 is 0 Å². The molecule has 5 rings (SSSR count). The van der Waals surface area contributed by atoms with Crippen LogP contribution in [0.3, 0.4) is 0 Å². The molecule has 1 aliphatic carbocycles. The van der Waals surface area contributed by atoms with Crippen molar-refractivity contribution in [3.05, 3.63) is 29.8 Å². The SMILES string of the molecule is COc1nn(C)cc1C(=O)N1CC2CN(c3cc(C4CCC4)ncn3)CC2C1. The first-order chi connectivity index (χ1) is 13.6. The number of hydrogen-bond acceptors (Lipinski definition) is 6. The Balaban J connectivity index is 1.26. The van der Waals surface area contributed by atoms with Gasteiger partial charge in [-0.25, -0.2) is 9.97 Å². The molecule has 3 aliphatic rings. The third kappa shape index (κ3) is 2.91. The van der Waals surface area contributed by atoms with Gasteiger partial charge in [0.2, 0.25) is 5.88 Å². The van der Waals surface area contributed by atoms with Crippen LogP contribution in [0, 0.1) is 11.8 Å². The molecule has 0 spiro atoms. The van der Waals surface area contributed by atoms with Crippen molar-refractivity contribution < 1.29 is 9.53 Å². The van der Waals surface area contributed by atoms with Crippen LogP contribution in [-0.2, 0) is 7.05 Å². The van der Waals surface area contributed by atoms with Gasteiger partial charge in [0.25, 0.3) is 5.91 Å². The molecule has 2 unspecified atom stereocenters. The molecule has 0 radical (unpaired) electrons. The number of rotatable bonds is 4. The van der Waals surface area contributed by atoms with E-state index in [-0.39, 0.29) is 5.91 Å². The molecule has 8 nitrogen and oxygen atoms in total. The lowest BCUT2D eigenvalue weighted by molar-refractivity contribution is 0.0779. The molecule has 2 aromatic heterocycles. The molecule has 1 saturated carbocycles. The number of anilines is 1. The molecule has 2 aliphatic heterocycles. The zero-order valence-electron chi connectivity index (χ0n) is 16.4. The van der Waals surface area contributed by atoms with Crippen LogP contribution in [0.15, 0.2) is 18.6 Å². The Bertz CT molecular complexity index is 879. The number of hydrogen-bond donors (Lipinski definition) is 0. The van der Waals surface area contributed by atoms with Crippen molar-refractivity contribution in [2.45, 2.75) is 25.2 Å². The van der Waals surface area contributed by atoms with Crippen LogP contribution < -0.4 is 9.64 Å². The van der Waals surface area contributed by atoms with Gasteiger partial charge in [0.1, 0.15) is 17.7 Å². The summed E-state index contributed by atoms with van der Waals surface area (Å²) in [4.78, 5) is 26.3. The maximum Gasteiger partial charge on any atom is 0.260 e. The molecule has 28 heavy (non-hydrogen) atoms. The number of likely N-dealkylation sites (tertiary alicyclic amines) is 1. The molecule has 2 saturated heterocycles. The number of methoxy groups -OCH3 is 1. The van der Waals surface area contributed by atoms with Crippen molar-refractivity contribution in [1.82, 2.24) is 24.6 Å². The fourth-order valence-electron chi connectivity index (χ4n) is 4.74. The Morgan fingerprint density at radius 2 is 1.89 bits per heavy atom. The van der Waals surface area contributed by atoms with Crippen LogP contribution in [-0.4, -0.2) is 63.8 Å². The van der Waals surface area contributed by atoms with E-state index in [1.54, 1.807) is 31.4 Å². The van der Waals surface area contributed by atoms with E-state index < -0.39 is 0 Å². The van der Waals surface area contributed by atoms with Crippen molar-refractivity contribution in [2.75, 3.05) is 38.2 Å². The number of aryl methyl sites for hydroxylation is 1. The number of amides is 1. The van der Waals surface area contributed by atoms with Crippen LogP contribution in [0.5, 0.6) is 5.88 Å². The summed E-state index contributed by atoms with van der Waals surface area (Å²) in [5.41, 5.74) is 1.73. The Morgan fingerprint density at radius 1 is 1.14 bits per heavy atom. The second-order valence-corrected chi connectivity index (χ2v) is 8.29. The number of ether oxygens (including phenoxy) is 1. The molecule has 1 amide bonds. The van der Waals surface area contributed by atoms with Crippen molar-refractivity contribution >= 4 is 11.7 Å². The lowest BCUT2D eigenvalue weighted by Gasteiger charge is -2.26. The molecule has 148 valence electrons. The van der Waals surface area contributed by atoms with E-state index in [0.29, 0.717) is 29.2 Å². The predicted octanol–water partition coefficient (Wildman–Crippen LogP) is 1.69. The van der Waals surface area contributed by atoms with Gasteiger partial charge in [-0.15, -0.1) is 5.10 Å². The summed E-state index contributed by atoms with van der Waals surface area (Å²) in [6.45, 7) is 3.44. The summed E-state index contributed by atoms with van der Waals surface area (Å²) < 4.78 is 6.88. The molecule has 2 atom stereocenters. The van der Waals surface area contributed by atoms with Gasteiger partial charge >= 0.3 is 0 Å². The fraction of sp³-hybridized carbons (Fsp3) is 0.600. The molecule has 4 heterocycles. The minimum atomic E-state index is 0.0141. The van der Waals surface area contributed by atoms with Crippen molar-refractivity contribution in [1.29, 1.82) is 0 Å². The molecule has 0 aromatic carbocycles. The molecule has 8 heteroatoms. The van der Waals surface area contributed by atoms with Crippen molar-refractivity contribution in [3.63, 3.8) is 0 Å². The van der Waals surface area contributed by atoms with E-state index in [9.17, 15) is 4.79 Å². The van der Waals surface area contributed by atoms with Gasteiger partial charge < -0.3 is 14.5 Å². The lowest BCUT2D eigenvalue weighted by atomic mass is 9.83. The maximum atomic E-state index is 12.9. The lowest BCUT2D eigenvalue weighted by Crippen LogP contribution is -2.33. The largest absolute Gasteiger partial charge is 0.479 e. The van der Waals surface area contributed by atoms with Gasteiger partial charge in [0, 0.05) is 68.9 Å². The molecule has 0 bridgehead atoms. The number of carbonyl (C=O) groups excluding carboxylic acids is 1. The van der Waals surface area contributed by atoms with E-state index >= 15 is 0 Å². The van der Waals surface area contributed by atoms with Crippen LogP contribution in [0.2, 0.25) is 0 Å². The van der Waals surface area contributed by atoms with Gasteiger partial charge in [-0.2, -0.15) is 0 Å². The highest BCUT2D eigenvalue weighted by Crippen LogP contribution is 2.38. The van der Waals surface area contributed by atoms with E-state index in [1.807, 2.05) is 4.90 Å². The first-order valence-corrected chi connectivity index (χ1v) is 10.1. The highest BCUT2D eigenvalue weighted by atomic mass is 16.5. The Hall–Kier alpha value is -2.64. The van der Waals surface area contributed by atoms with Gasteiger partial charge in [-0.05, 0) is 12.8 Å². The number of nitrogens with zero attached hydrogens (tertiary/aromatic N) is 6. The fourth-order valence-corrected chi connectivity index (χ4v) is 4.74. The average molecular weight is 382 g/mol. The minimum Gasteiger partial charge on any atom is -0.479 e. The topological polar surface area (TPSA) is 76.4 Å². The first-order valence-electron chi connectivity index (χ1n) is 10.1. The summed E-state index contributed by atoms with van der Waals surface area (Å²) in [6.07, 6.45) is 7.25. The molecular formula is C20H26N6O2. The highest BCUT2D eigenvalue weighted by molar-refractivity contribution is 5.96. The summed E-state index contributed by atoms with van der Waals surface area (Å²) >= 11 is 0. The maximum absolute atomic E-state index is 12.9. The van der Waals surface area contributed by atoms with Gasteiger partial charge in [-0.3, -0.25) is 9.48 Å². The van der Waals surface area contributed by atoms with Gasteiger partial charge in [-0.1, -0.05) is 6.42 Å². The molecule has 3 fully saturated rings. The summed E-state index contributed by atoms with van der Waals surface area (Å²) in [5, 5.41) is 4.20. The summed E-state index contributed by atoms with van der Waals surface area (Å²) in [7, 11) is 3.35. The number of carbonyl (C=O) groups is 1. The second-order valence-electron chi connectivity index (χ2n) is 8.29. The normalized spacial score (nSPS) is 24.4. The Morgan fingerprint density at radius 3 is 2.54 bits per heavy atom. The minimum absolute atomic E-state index is 0.0141. The highest BCUT2D eigenvalue weighted by Gasteiger charge is 2.43. The van der Waals surface area contributed by atoms with Gasteiger partial charge in [0.05, 0.1) is 7.11 Å². The zero-order valence-corrected chi connectivity index (χ0v) is 16.4. The first kappa shape index (κ1) is 17.5. The molecule has 2 aromatic rings. The third-order valence-corrected chi connectivity index (χ3v) is 6.51. The Labute approximate surface area is 164 Å². The molecule has 0 N–H and O–H groups in total. The summed E-state index contributed by atoms with van der Waals surface area (Å²) in [6, 6.07) is 2.17. The average Bonchev–Trinajstić information content (AvgIpc) is 3.32.